The number of benzene rings is 1. The van der Waals surface area contributed by atoms with Crippen molar-refractivity contribution in [3.63, 3.8) is 0 Å². The molecule has 212 valence electrons. The lowest BCUT2D eigenvalue weighted by Gasteiger charge is -2.62. The van der Waals surface area contributed by atoms with Crippen molar-refractivity contribution in [2.24, 2.45) is 46.3 Å². The van der Waals surface area contributed by atoms with Crippen molar-refractivity contribution in [2.75, 3.05) is 5.32 Å². The maximum Gasteiger partial charge on any atom is 0.294 e. The van der Waals surface area contributed by atoms with E-state index >= 15 is 0 Å². The van der Waals surface area contributed by atoms with Crippen LogP contribution in [0.4, 0.5) is 5.69 Å². The van der Waals surface area contributed by atoms with Gasteiger partial charge in [-0.1, -0.05) is 20.8 Å². The van der Waals surface area contributed by atoms with E-state index in [-0.39, 0.29) is 33.8 Å². The van der Waals surface area contributed by atoms with Gasteiger partial charge in [-0.05, 0) is 128 Å². The van der Waals surface area contributed by atoms with Crippen LogP contribution >= 0.6 is 0 Å². The molecular weight excluding hydrogens is 502 g/mol. The van der Waals surface area contributed by atoms with Crippen molar-refractivity contribution in [3.8, 4) is 0 Å². The lowest BCUT2D eigenvalue weighted by molar-refractivity contribution is -0.174. The number of rotatable bonds is 6. The van der Waals surface area contributed by atoms with E-state index in [1.807, 2.05) is 0 Å². The smallest absolute Gasteiger partial charge is 0.294 e. The quantitative estimate of drug-likeness (QED) is 0.359. The zero-order valence-corrected chi connectivity index (χ0v) is 23.8. The summed E-state index contributed by atoms with van der Waals surface area (Å²) in [5, 5.41) is 24.8. The second-order valence-electron chi connectivity index (χ2n) is 13.5. The van der Waals surface area contributed by atoms with E-state index in [4.69, 9.17) is 4.55 Å². The highest BCUT2D eigenvalue weighted by molar-refractivity contribution is 7.85. The molecule has 4 N–H and O–H groups in total. The average molecular weight is 548 g/mol. The van der Waals surface area contributed by atoms with Gasteiger partial charge in [0.25, 0.3) is 10.1 Å². The van der Waals surface area contributed by atoms with E-state index in [2.05, 4.69) is 26.1 Å². The molecule has 0 aromatic heterocycles. The Morgan fingerprint density at radius 1 is 1.03 bits per heavy atom. The standard InChI is InChI=1S/C30H45NO6S/c1-18(4-13-28(34)31-20-6-8-22(9-7-20)38(35,36)37)24-11-12-25-23-10-5-19-16-21(32)14-15-29(19,2)26(23)17-27(33)30(24,25)3/h6-9,18-19,21,23-27,32-33H,4-5,10-17H2,1-3H3,(H,31,34)(H,35,36,37). The van der Waals surface area contributed by atoms with Crippen molar-refractivity contribution < 1.29 is 28.0 Å². The third kappa shape index (κ3) is 4.84. The molecule has 10 unspecified atom stereocenters. The first kappa shape index (κ1) is 28.1. The van der Waals surface area contributed by atoms with Gasteiger partial charge in [0.05, 0.1) is 17.1 Å². The Labute approximate surface area is 227 Å². The van der Waals surface area contributed by atoms with Crippen LogP contribution in [0.15, 0.2) is 29.2 Å². The average Bonchev–Trinajstić information content (AvgIpc) is 3.22. The van der Waals surface area contributed by atoms with Crippen molar-refractivity contribution >= 4 is 21.7 Å². The number of hydrogen-bond acceptors (Lipinski definition) is 5. The van der Waals surface area contributed by atoms with Gasteiger partial charge < -0.3 is 15.5 Å². The lowest BCUT2D eigenvalue weighted by Crippen LogP contribution is -2.58. The van der Waals surface area contributed by atoms with Crippen LogP contribution in [0.3, 0.4) is 0 Å². The Balaban J connectivity index is 1.22. The monoisotopic (exact) mass is 547 g/mol. The van der Waals surface area contributed by atoms with Crippen molar-refractivity contribution in [1.82, 2.24) is 0 Å². The van der Waals surface area contributed by atoms with Crippen LogP contribution in [-0.2, 0) is 14.9 Å². The van der Waals surface area contributed by atoms with Gasteiger partial charge in [-0.2, -0.15) is 8.42 Å². The fraction of sp³-hybridized carbons (Fsp3) is 0.767. The van der Waals surface area contributed by atoms with Gasteiger partial charge in [0.2, 0.25) is 5.91 Å². The molecular formula is C30H45NO6S. The minimum atomic E-state index is -4.26. The number of aliphatic hydroxyl groups excluding tert-OH is 2. The summed E-state index contributed by atoms with van der Waals surface area (Å²) in [4.78, 5) is 12.5. The Bertz CT molecular complexity index is 1140. The highest BCUT2D eigenvalue weighted by atomic mass is 32.2. The number of hydrogen-bond donors (Lipinski definition) is 4. The highest BCUT2D eigenvalue weighted by Crippen LogP contribution is 2.68. The summed E-state index contributed by atoms with van der Waals surface area (Å²) >= 11 is 0. The molecule has 0 heterocycles. The van der Waals surface area contributed by atoms with Gasteiger partial charge >= 0.3 is 0 Å². The Kier molecular flexibility index (Phi) is 7.51. The van der Waals surface area contributed by atoms with E-state index < -0.39 is 10.1 Å². The summed E-state index contributed by atoms with van der Waals surface area (Å²) in [5.41, 5.74) is 0.599. The third-order valence-corrected chi connectivity index (χ3v) is 12.6. The molecule has 7 nitrogen and oxygen atoms in total. The minimum absolute atomic E-state index is 0.119. The third-order valence-electron chi connectivity index (χ3n) is 11.8. The predicted molar refractivity (Wildman–Crippen MR) is 146 cm³/mol. The molecule has 4 fully saturated rings. The summed E-state index contributed by atoms with van der Waals surface area (Å²) in [6.07, 6.45) is 9.02. The van der Waals surface area contributed by atoms with Crippen LogP contribution in [0.5, 0.6) is 0 Å². The summed E-state index contributed by atoms with van der Waals surface area (Å²) in [5.74, 6) is 2.84. The fourth-order valence-corrected chi connectivity index (χ4v) is 10.1. The first-order chi connectivity index (χ1) is 17.8. The Morgan fingerprint density at radius 3 is 2.42 bits per heavy atom. The van der Waals surface area contributed by atoms with E-state index in [9.17, 15) is 23.4 Å². The van der Waals surface area contributed by atoms with Gasteiger partial charge in [-0.15, -0.1) is 0 Å². The molecule has 1 aromatic carbocycles. The Morgan fingerprint density at radius 2 is 1.74 bits per heavy atom. The number of anilines is 1. The van der Waals surface area contributed by atoms with Gasteiger partial charge in [0, 0.05) is 12.1 Å². The molecule has 1 aromatic rings. The molecule has 0 aliphatic heterocycles. The number of carbonyl (C=O) groups excluding carboxylic acids is 1. The molecule has 4 saturated carbocycles. The molecule has 0 bridgehead atoms. The number of amides is 1. The highest BCUT2D eigenvalue weighted by Gasteiger charge is 2.63. The number of aliphatic hydroxyl groups is 2. The minimum Gasteiger partial charge on any atom is -0.393 e. The zero-order valence-electron chi connectivity index (χ0n) is 23.0. The number of carbonyl (C=O) groups is 1. The molecule has 8 heteroatoms. The number of nitrogens with one attached hydrogen (secondary N) is 1. The van der Waals surface area contributed by atoms with Crippen LogP contribution in [0.1, 0.15) is 85.0 Å². The van der Waals surface area contributed by atoms with Crippen LogP contribution < -0.4 is 5.32 Å². The van der Waals surface area contributed by atoms with Crippen molar-refractivity contribution in [1.29, 1.82) is 0 Å². The van der Waals surface area contributed by atoms with Gasteiger partial charge in [0.1, 0.15) is 0 Å². The van der Waals surface area contributed by atoms with E-state index in [0.717, 1.165) is 44.9 Å². The van der Waals surface area contributed by atoms with E-state index in [1.165, 1.54) is 37.1 Å². The normalized spacial score (nSPS) is 41.5. The lowest BCUT2D eigenvalue weighted by atomic mass is 9.43. The molecule has 4 aliphatic carbocycles. The summed E-state index contributed by atoms with van der Waals surface area (Å²) < 4.78 is 31.6. The predicted octanol–water partition coefficient (Wildman–Crippen LogP) is 5.28. The van der Waals surface area contributed by atoms with Crippen molar-refractivity contribution in [2.45, 2.75) is 102 Å². The summed E-state index contributed by atoms with van der Waals surface area (Å²) in [6.45, 7) is 6.99. The second kappa shape index (κ2) is 10.2. The first-order valence-corrected chi connectivity index (χ1v) is 16.0. The number of fused-ring (bicyclic) bond motifs is 5. The van der Waals surface area contributed by atoms with E-state index in [0.29, 0.717) is 47.6 Å². The second-order valence-corrected chi connectivity index (χ2v) is 14.9. The molecule has 38 heavy (non-hydrogen) atoms. The van der Waals surface area contributed by atoms with Gasteiger partial charge in [-0.25, -0.2) is 0 Å². The molecule has 5 rings (SSSR count). The molecule has 0 saturated heterocycles. The molecule has 0 spiro atoms. The first-order valence-electron chi connectivity index (χ1n) is 14.6. The molecule has 4 aliphatic rings. The molecule has 1 amide bonds. The van der Waals surface area contributed by atoms with Crippen LogP contribution in [0, 0.1) is 46.3 Å². The van der Waals surface area contributed by atoms with Gasteiger partial charge in [0.15, 0.2) is 0 Å². The van der Waals surface area contributed by atoms with Crippen LogP contribution in [-0.4, -0.2) is 41.3 Å². The Hall–Kier alpha value is -1.48. The molecule has 10 atom stereocenters. The summed E-state index contributed by atoms with van der Waals surface area (Å²) in [6, 6.07) is 5.50. The fourth-order valence-electron chi connectivity index (χ4n) is 9.65. The van der Waals surface area contributed by atoms with Crippen LogP contribution in [0.25, 0.3) is 0 Å². The maximum atomic E-state index is 12.7. The summed E-state index contributed by atoms with van der Waals surface area (Å²) in [7, 11) is -4.26. The zero-order chi connectivity index (χ0) is 27.5. The van der Waals surface area contributed by atoms with Crippen LogP contribution in [0.2, 0.25) is 0 Å². The largest absolute Gasteiger partial charge is 0.393 e. The van der Waals surface area contributed by atoms with Gasteiger partial charge in [-0.3, -0.25) is 9.35 Å². The maximum absolute atomic E-state index is 12.7. The SMILES string of the molecule is CC(CCC(=O)Nc1ccc(S(=O)(=O)O)cc1)C1CCC2C3CCC4CC(O)CCC4(C)C3CC(O)C12C. The molecule has 0 radical (unpaired) electrons. The van der Waals surface area contributed by atoms with E-state index in [1.54, 1.807) is 0 Å². The topological polar surface area (TPSA) is 124 Å². The van der Waals surface area contributed by atoms with Crippen molar-refractivity contribution in [3.05, 3.63) is 24.3 Å².